The molecule has 0 aliphatic heterocycles. The van der Waals surface area contributed by atoms with E-state index in [2.05, 4.69) is 5.32 Å². The number of likely N-dealkylation sites (N-methyl/N-ethyl adjacent to an activating group) is 1. The zero-order valence-electron chi connectivity index (χ0n) is 10.4. The van der Waals surface area contributed by atoms with Gasteiger partial charge in [-0.25, -0.2) is 0 Å². The number of benzene rings is 1. The number of hydrogen-bond donors (Lipinski definition) is 1. The van der Waals surface area contributed by atoms with Crippen molar-refractivity contribution in [2.75, 3.05) is 20.2 Å². The molecule has 0 atom stereocenters. The Kier molecular flexibility index (Phi) is 6.15. The Bertz CT molecular complexity index is 352. The lowest BCUT2D eigenvalue weighted by atomic mass is 10.1. The van der Waals surface area contributed by atoms with Gasteiger partial charge in [-0.2, -0.15) is 13.2 Å². The van der Waals surface area contributed by atoms with Crippen LogP contribution >= 0.6 is 0 Å². The summed E-state index contributed by atoms with van der Waals surface area (Å²) >= 11 is 0. The lowest BCUT2D eigenvalue weighted by Gasteiger charge is -2.11. The maximum absolute atomic E-state index is 11.9. The van der Waals surface area contributed by atoms with E-state index >= 15 is 0 Å². The highest BCUT2D eigenvalue weighted by molar-refractivity contribution is 5.26. The largest absolute Gasteiger partial charge is 0.391 e. The molecule has 0 spiro atoms. The summed E-state index contributed by atoms with van der Waals surface area (Å²) in [7, 11) is 1.86. The third kappa shape index (κ3) is 6.02. The Labute approximate surface area is 105 Å². The molecule has 0 aromatic heterocycles. The molecule has 0 heterocycles. The zero-order chi connectivity index (χ0) is 13.4. The van der Waals surface area contributed by atoms with Gasteiger partial charge in [-0.15, -0.1) is 0 Å². The summed E-state index contributed by atoms with van der Waals surface area (Å²) in [5.74, 6) is 0. The van der Waals surface area contributed by atoms with E-state index < -0.39 is 12.6 Å². The molecule has 0 saturated heterocycles. The van der Waals surface area contributed by atoms with Crippen molar-refractivity contribution in [2.45, 2.75) is 25.6 Å². The number of nitrogens with one attached hydrogen (secondary N) is 1. The van der Waals surface area contributed by atoms with Crippen LogP contribution < -0.4 is 5.32 Å². The summed E-state index contributed by atoms with van der Waals surface area (Å²) in [6.45, 7) is 0.777. The van der Waals surface area contributed by atoms with Gasteiger partial charge in [0, 0.05) is 0 Å². The molecule has 1 aromatic carbocycles. The van der Waals surface area contributed by atoms with Gasteiger partial charge in [0.1, 0.15) is 0 Å². The Morgan fingerprint density at radius 2 is 1.83 bits per heavy atom. The quantitative estimate of drug-likeness (QED) is 0.762. The maximum atomic E-state index is 11.9. The molecule has 18 heavy (non-hydrogen) atoms. The lowest BCUT2D eigenvalue weighted by Crippen LogP contribution is -2.13. The first-order valence-electron chi connectivity index (χ1n) is 5.89. The van der Waals surface area contributed by atoms with Gasteiger partial charge in [-0.05, 0) is 31.1 Å². The molecular weight excluding hydrogens is 243 g/mol. The molecule has 0 amide bonds. The smallest absolute Gasteiger partial charge is 0.376 e. The highest BCUT2D eigenvalue weighted by Crippen LogP contribution is 2.19. The van der Waals surface area contributed by atoms with Crippen LogP contribution in [0.3, 0.4) is 0 Å². The Balaban J connectivity index is 2.41. The molecule has 0 aliphatic rings. The summed E-state index contributed by atoms with van der Waals surface area (Å²) in [6, 6.07) is 7.65. The van der Waals surface area contributed by atoms with E-state index in [1.165, 1.54) is 0 Å². The number of alkyl halides is 3. The Morgan fingerprint density at radius 1 is 1.17 bits per heavy atom. The molecule has 0 fully saturated rings. The second-order valence-corrected chi connectivity index (χ2v) is 4.04. The minimum absolute atomic E-state index is 0.232. The predicted octanol–water partition coefficient (Wildman–Crippen LogP) is 2.92. The normalized spacial score (nSPS) is 11.8. The molecule has 102 valence electrons. The van der Waals surface area contributed by atoms with E-state index in [0.29, 0.717) is 0 Å². The Morgan fingerprint density at radius 3 is 2.44 bits per heavy atom. The summed E-state index contributed by atoms with van der Waals surface area (Å²) in [5.41, 5.74) is 2.06. The summed E-state index contributed by atoms with van der Waals surface area (Å²) in [6.07, 6.45) is -4.20. The van der Waals surface area contributed by atoms with Gasteiger partial charge in [-0.3, -0.25) is 0 Å². The van der Waals surface area contributed by atoms with Crippen LogP contribution in [0.5, 0.6) is 0 Å². The molecule has 0 bridgehead atoms. The minimum atomic E-state index is -4.15. The molecule has 0 aliphatic carbocycles. The van der Waals surface area contributed by atoms with Gasteiger partial charge in [-0.1, -0.05) is 24.3 Å². The van der Waals surface area contributed by atoms with Gasteiger partial charge in [0.05, 0.1) is 19.6 Å². The standard InChI is InChI=1S/C13H18F3NO/c1-17-8-6-11-4-2-3-5-12(11)10-18-9-7-13(14,15)16/h2-5,17H,6-10H2,1H3. The molecule has 1 aromatic rings. The number of ether oxygens (including phenoxy) is 1. The fraction of sp³-hybridized carbons (Fsp3) is 0.538. The van der Waals surface area contributed by atoms with Gasteiger partial charge < -0.3 is 10.1 Å². The van der Waals surface area contributed by atoms with Crippen LogP contribution in [0.4, 0.5) is 13.2 Å². The first kappa shape index (κ1) is 15.0. The predicted molar refractivity (Wildman–Crippen MR) is 64.4 cm³/mol. The van der Waals surface area contributed by atoms with Crippen molar-refractivity contribution in [3.8, 4) is 0 Å². The summed E-state index contributed by atoms with van der Waals surface area (Å²) < 4.78 is 40.9. The second kappa shape index (κ2) is 7.38. The topological polar surface area (TPSA) is 21.3 Å². The van der Waals surface area contributed by atoms with Crippen LogP contribution in [-0.4, -0.2) is 26.4 Å². The highest BCUT2D eigenvalue weighted by atomic mass is 19.4. The number of hydrogen-bond acceptors (Lipinski definition) is 2. The number of rotatable bonds is 7. The molecule has 1 N–H and O–H groups in total. The van der Waals surface area contributed by atoms with Crippen LogP contribution in [0, 0.1) is 0 Å². The van der Waals surface area contributed by atoms with Gasteiger partial charge in [0.25, 0.3) is 0 Å². The van der Waals surface area contributed by atoms with Gasteiger partial charge in [0.2, 0.25) is 0 Å². The molecule has 0 unspecified atom stereocenters. The zero-order valence-corrected chi connectivity index (χ0v) is 10.4. The van der Waals surface area contributed by atoms with Crippen molar-refractivity contribution >= 4 is 0 Å². The lowest BCUT2D eigenvalue weighted by molar-refractivity contribution is -0.146. The van der Waals surface area contributed by atoms with Gasteiger partial charge in [0.15, 0.2) is 0 Å². The second-order valence-electron chi connectivity index (χ2n) is 4.04. The minimum Gasteiger partial charge on any atom is -0.376 e. The number of halogens is 3. The van der Waals surface area contributed by atoms with Crippen molar-refractivity contribution in [1.82, 2.24) is 5.32 Å². The monoisotopic (exact) mass is 261 g/mol. The summed E-state index contributed by atoms with van der Waals surface area (Å²) in [4.78, 5) is 0. The molecular formula is C13H18F3NO. The summed E-state index contributed by atoms with van der Waals surface area (Å²) in [5, 5.41) is 3.04. The fourth-order valence-corrected chi connectivity index (χ4v) is 1.57. The molecule has 5 heteroatoms. The molecule has 1 rings (SSSR count). The fourth-order valence-electron chi connectivity index (χ4n) is 1.57. The van der Waals surface area contributed by atoms with E-state index in [1.54, 1.807) is 0 Å². The molecule has 0 radical (unpaired) electrons. The average Bonchev–Trinajstić information content (AvgIpc) is 2.32. The first-order chi connectivity index (χ1) is 8.53. The van der Waals surface area contributed by atoms with Crippen LogP contribution in [0.15, 0.2) is 24.3 Å². The van der Waals surface area contributed by atoms with Gasteiger partial charge >= 0.3 is 6.18 Å². The van der Waals surface area contributed by atoms with E-state index in [9.17, 15) is 13.2 Å². The van der Waals surface area contributed by atoms with Crippen molar-refractivity contribution in [2.24, 2.45) is 0 Å². The van der Waals surface area contributed by atoms with Crippen LogP contribution in [-0.2, 0) is 17.8 Å². The molecule has 0 saturated carbocycles. The third-order valence-electron chi connectivity index (χ3n) is 2.55. The van der Waals surface area contributed by atoms with Crippen molar-refractivity contribution in [1.29, 1.82) is 0 Å². The van der Waals surface area contributed by atoms with E-state index in [1.807, 2.05) is 31.3 Å². The average molecular weight is 261 g/mol. The van der Waals surface area contributed by atoms with Crippen molar-refractivity contribution in [3.63, 3.8) is 0 Å². The van der Waals surface area contributed by atoms with Crippen molar-refractivity contribution in [3.05, 3.63) is 35.4 Å². The first-order valence-corrected chi connectivity index (χ1v) is 5.89. The third-order valence-corrected chi connectivity index (χ3v) is 2.55. The highest BCUT2D eigenvalue weighted by Gasteiger charge is 2.26. The van der Waals surface area contributed by atoms with E-state index in [0.717, 1.165) is 24.1 Å². The SMILES string of the molecule is CNCCc1ccccc1COCCC(F)(F)F. The van der Waals surface area contributed by atoms with Crippen molar-refractivity contribution < 1.29 is 17.9 Å². The van der Waals surface area contributed by atoms with Crippen LogP contribution in [0.25, 0.3) is 0 Å². The van der Waals surface area contributed by atoms with E-state index in [4.69, 9.17) is 4.74 Å². The maximum Gasteiger partial charge on any atom is 0.391 e. The van der Waals surface area contributed by atoms with Crippen LogP contribution in [0.1, 0.15) is 17.5 Å². The Hall–Kier alpha value is -1.07. The molecule has 2 nitrogen and oxygen atoms in total. The van der Waals surface area contributed by atoms with Crippen LogP contribution in [0.2, 0.25) is 0 Å². The van der Waals surface area contributed by atoms with E-state index in [-0.39, 0.29) is 13.2 Å².